The minimum atomic E-state index is -0.182. The lowest BCUT2D eigenvalue weighted by molar-refractivity contribution is 0.165. The summed E-state index contributed by atoms with van der Waals surface area (Å²) in [5, 5.41) is 9.20. The average molecular weight is 225 g/mol. The van der Waals surface area contributed by atoms with Crippen LogP contribution in [0.2, 0.25) is 0 Å². The van der Waals surface area contributed by atoms with Crippen LogP contribution in [-0.4, -0.2) is 25.3 Å². The first kappa shape index (κ1) is 13.0. The molecule has 0 aliphatic carbocycles. The molecule has 16 heavy (non-hydrogen) atoms. The van der Waals surface area contributed by atoms with Gasteiger partial charge in [-0.1, -0.05) is 13.8 Å². The first-order valence-corrected chi connectivity index (χ1v) is 5.44. The van der Waals surface area contributed by atoms with E-state index in [9.17, 15) is 9.50 Å². The summed E-state index contributed by atoms with van der Waals surface area (Å²) in [6, 6.07) is 5.06. The van der Waals surface area contributed by atoms with E-state index in [2.05, 4.69) is 0 Å². The molecule has 1 rings (SSSR count). The van der Waals surface area contributed by atoms with Crippen LogP contribution in [0.15, 0.2) is 18.2 Å². The molecule has 0 aliphatic heterocycles. The van der Waals surface area contributed by atoms with Gasteiger partial charge in [0.25, 0.3) is 0 Å². The standard InChI is InChI=1S/C13H20FNO/c1-10-7-11(5-6-12(10)14)15(4)8-13(2,3)9-16/h5-7,16H,8-9H2,1-4H3. The fraction of sp³-hybridized carbons (Fsp3) is 0.538. The highest BCUT2D eigenvalue weighted by atomic mass is 19.1. The minimum Gasteiger partial charge on any atom is -0.396 e. The maximum Gasteiger partial charge on any atom is 0.126 e. The van der Waals surface area contributed by atoms with Crippen molar-refractivity contribution in [2.24, 2.45) is 5.41 Å². The Morgan fingerprint density at radius 2 is 2.00 bits per heavy atom. The Morgan fingerprint density at radius 3 is 2.50 bits per heavy atom. The minimum absolute atomic E-state index is 0.136. The Morgan fingerprint density at radius 1 is 1.38 bits per heavy atom. The van der Waals surface area contributed by atoms with E-state index in [-0.39, 0.29) is 17.8 Å². The van der Waals surface area contributed by atoms with Gasteiger partial charge in [0.05, 0.1) is 0 Å². The molecule has 1 N–H and O–H groups in total. The Bertz CT molecular complexity index is 363. The smallest absolute Gasteiger partial charge is 0.126 e. The molecule has 90 valence electrons. The Kier molecular flexibility index (Phi) is 3.92. The van der Waals surface area contributed by atoms with E-state index >= 15 is 0 Å². The maximum atomic E-state index is 13.1. The van der Waals surface area contributed by atoms with Gasteiger partial charge in [0.15, 0.2) is 0 Å². The number of halogens is 1. The lowest BCUT2D eigenvalue weighted by atomic mass is 9.94. The van der Waals surface area contributed by atoms with Crippen LogP contribution in [0, 0.1) is 18.2 Å². The lowest BCUT2D eigenvalue weighted by Crippen LogP contribution is -2.33. The van der Waals surface area contributed by atoms with E-state index in [4.69, 9.17) is 0 Å². The van der Waals surface area contributed by atoms with Crippen molar-refractivity contribution in [3.05, 3.63) is 29.6 Å². The second-order valence-electron chi connectivity index (χ2n) is 5.11. The zero-order valence-electron chi connectivity index (χ0n) is 10.4. The number of rotatable bonds is 4. The predicted molar refractivity (Wildman–Crippen MR) is 65.3 cm³/mol. The lowest BCUT2D eigenvalue weighted by Gasteiger charge is -2.30. The number of aryl methyl sites for hydroxylation is 1. The fourth-order valence-electron chi connectivity index (χ4n) is 1.65. The predicted octanol–water partition coefficient (Wildman–Crippen LogP) is 2.59. The van der Waals surface area contributed by atoms with Gasteiger partial charge in [-0.05, 0) is 30.7 Å². The molecule has 0 heterocycles. The number of hydrogen-bond acceptors (Lipinski definition) is 2. The molecule has 0 amide bonds. The molecular weight excluding hydrogens is 205 g/mol. The van der Waals surface area contributed by atoms with Gasteiger partial charge in [-0.15, -0.1) is 0 Å². The fourth-order valence-corrected chi connectivity index (χ4v) is 1.65. The summed E-state index contributed by atoms with van der Waals surface area (Å²) >= 11 is 0. The van der Waals surface area contributed by atoms with Crippen molar-refractivity contribution in [3.8, 4) is 0 Å². The molecule has 0 unspecified atom stereocenters. The Hall–Kier alpha value is -1.09. The molecule has 0 radical (unpaired) electrons. The quantitative estimate of drug-likeness (QED) is 0.851. The van der Waals surface area contributed by atoms with Crippen molar-refractivity contribution in [2.45, 2.75) is 20.8 Å². The molecule has 0 aliphatic rings. The number of nitrogens with zero attached hydrogens (tertiary/aromatic N) is 1. The molecule has 1 aromatic rings. The molecule has 0 saturated heterocycles. The van der Waals surface area contributed by atoms with E-state index in [0.717, 1.165) is 12.2 Å². The van der Waals surface area contributed by atoms with Crippen molar-refractivity contribution in [3.63, 3.8) is 0 Å². The summed E-state index contributed by atoms with van der Waals surface area (Å²) in [6.45, 7) is 6.62. The van der Waals surface area contributed by atoms with Gasteiger partial charge < -0.3 is 10.0 Å². The normalized spacial score (nSPS) is 11.6. The maximum absolute atomic E-state index is 13.1. The number of benzene rings is 1. The van der Waals surface area contributed by atoms with Crippen LogP contribution < -0.4 is 4.90 Å². The van der Waals surface area contributed by atoms with Gasteiger partial charge in [-0.3, -0.25) is 0 Å². The van der Waals surface area contributed by atoms with Gasteiger partial charge in [-0.2, -0.15) is 0 Å². The number of aliphatic hydroxyl groups excluding tert-OH is 1. The van der Waals surface area contributed by atoms with Crippen LogP contribution >= 0.6 is 0 Å². The molecule has 3 heteroatoms. The van der Waals surface area contributed by atoms with E-state index in [1.807, 2.05) is 31.9 Å². The topological polar surface area (TPSA) is 23.5 Å². The zero-order valence-corrected chi connectivity index (χ0v) is 10.4. The monoisotopic (exact) mass is 225 g/mol. The second-order valence-corrected chi connectivity index (χ2v) is 5.11. The van der Waals surface area contributed by atoms with Crippen LogP contribution in [0.4, 0.5) is 10.1 Å². The van der Waals surface area contributed by atoms with Gasteiger partial charge in [0, 0.05) is 31.3 Å². The average Bonchev–Trinajstić information content (AvgIpc) is 2.21. The highest BCUT2D eigenvalue weighted by molar-refractivity contribution is 5.48. The van der Waals surface area contributed by atoms with Gasteiger partial charge in [0.1, 0.15) is 5.82 Å². The highest BCUT2D eigenvalue weighted by Crippen LogP contribution is 2.22. The van der Waals surface area contributed by atoms with E-state index in [1.165, 1.54) is 6.07 Å². The summed E-state index contributed by atoms with van der Waals surface area (Å²) in [6.07, 6.45) is 0. The van der Waals surface area contributed by atoms with Gasteiger partial charge in [0.2, 0.25) is 0 Å². The number of anilines is 1. The molecule has 2 nitrogen and oxygen atoms in total. The number of hydrogen-bond donors (Lipinski definition) is 1. The van der Waals surface area contributed by atoms with Crippen LogP contribution in [0.25, 0.3) is 0 Å². The van der Waals surface area contributed by atoms with E-state index < -0.39 is 0 Å². The van der Waals surface area contributed by atoms with Crippen molar-refractivity contribution in [1.29, 1.82) is 0 Å². The summed E-state index contributed by atoms with van der Waals surface area (Å²) in [4.78, 5) is 2.03. The molecule has 0 spiro atoms. The summed E-state index contributed by atoms with van der Waals surface area (Å²) < 4.78 is 13.1. The zero-order chi connectivity index (χ0) is 12.3. The van der Waals surface area contributed by atoms with E-state index in [0.29, 0.717) is 5.56 Å². The van der Waals surface area contributed by atoms with E-state index in [1.54, 1.807) is 13.0 Å². The highest BCUT2D eigenvalue weighted by Gasteiger charge is 2.19. The summed E-state index contributed by atoms with van der Waals surface area (Å²) in [7, 11) is 1.95. The van der Waals surface area contributed by atoms with Crippen molar-refractivity contribution < 1.29 is 9.50 Å². The van der Waals surface area contributed by atoms with Crippen LogP contribution in [0.1, 0.15) is 19.4 Å². The van der Waals surface area contributed by atoms with Crippen molar-refractivity contribution >= 4 is 5.69 Å². The first-order chi connectivity index (χ1) is 7.35. The molecule has 0 saturated carbocycles. The molecule has 0 aromatic heterocycles. The third-order valence-electron chi connectivity index (χ3n) is 2.68. The third kappa shape index (κ3) is 3.20. The number of aliphatic hydroxyl groups is 1. The second kappa shape index (κ2) is 4.83. The Balaban J connectivity index is 2.81. The summed E-state index contributed by atoms with van der Waals surface area (Å²) in [5.74, 6) is -0.182. The largest absolute Gasteiger partial charge is 0.396 e. The van der Waals surface area contributed by atoms with Crippen molar-refractivity contribution in [2.75, 3.05) is 25.1 Å². The third-order valence-corrected chi connectivity index (χ3v) is 2.68. The Labute approximate surface area is 96.7 Å². The first-order valence-electron chi connectivity index (χ1n) is 5.44. The molecule has 0 fully saturated rings. The summed E-state index contributed by atoms with van der Waals surface area (Å²) in [5.41, 5.74) is 1.46. The van der Waals surface area contributed by atoms with Crippen LogP contribution in [-0.2, 0) is 0 Å². The SMILES string of the molecule is Cc1cc(N(C)CC(C)(C)CO)ccc1F. The van der Waals surface area contributed by atoms with Gasteiger partial charge in [-0.25, -0.2) is 4.39 Å². The molecule has 0 atom stereocenters. The van der Waals surface area contributed by atoms with Gasteiger partial charge >= 0.3 is 0 Å². The van der Waals surface area contributed by atoms with Crippen LogP contribution in [0.5, 0.6) is 0 Å². The molecule has 0 bridgehead atoms. The molecule has 1 aromatic carbocycles. The van der Waals surface area contributed by atoms with Crippen molar-refractivity contribution in [1.82, 2.24) is 0 Å². The molecular formula is C13H20FNO. The van der Waals surface area contributed by atoms with Crippen LogP contribution in [0.3, 0.4) is 0 Å².